The second-order valence-electron chi connectivity index (χ2n) is 24.0. The van der Waals surface area contributed by atoms with Crippen molar-refractivity contribution in [2.45, 2.75) is 0 Å². The molecule has 24 heteroatoms. The number of halogens is 8. The van der Waals surface area contributed by atoms with Gasteiger partial charge in [-0.1, -0.05) is 146 Å². The number of nitrogens with zero attached hydrogens (tertiary/aromatic N) is 6. The van der Waals surface area contributed by atoms with E-state index in [1.54, 1.807) is 243 Å². The van der Waals surface area contributed by atoms with Gasteiger partial charge in [-0.2, -0.15) is 0 Å². The summed E-state index contributed by atoms with van der Waals surface area (Å²) in [6.45, 7) is 0. The topological polar surface area (TPSA) is 205 Å². The third-order valence-corrected chi connectivity index (χ3v) is 17.5. The molecule has 0 fully saturated rings. The molecule has 3 aromatic heterocycles. The fourth-order valence-corrected chi connectivity index (χ4v) is 12.7. The van der Waals surface area contributed by atoms with Gasteiger partial charge in [-0.25, -0.2) is 65.0 Å². The van der Waals surface area contributed by atoms with Crippen LogP contribution in [0.5, 0.6) is 0 Å². The minimum atomic E-state index is -1.21. The monoisotopic (exact) mass is 1390 g/mol. The summed E-state index contributed by atoms with van der Waals surface area (Å²) in [4.78, 5) is 34.5. The molecule has 16 nitrogen and oxygen atoms in total. The first-order valence-electron chi connectivity index (χ1n) is 32.5. The van der Waals surface area contributed by atoms with Crippen molar-refractivity contribution in [2.75, 3.05) is 42.5 Å². The van der Waals surface area contributed by atoms with E-state index in [2.05, 4.69) is 52.5 Å². The lowest BCUT2D eigenvalue weighted by molar-refractivity contribution is 0.613. The summed E-state index contributed by atoms with van der Waals surface area (Å²) >= 11 is 0. The zero-order chi connectivity index (χ0) is 70.7. The molecule has 506 valence electrons. The molecule has 0 saturated heterocycles. The molecule has 12 aromatic carbocycles. The number of aromatic amines is 2. The maximum absolute atomic E-state index is 18.9. The molecule has 15 aromatic rings. The molecule has 8 bridgehead atoms. The van der Waals surface area contributed by atoms with Crippen molar-refractivity contribution < 1.29 is 35.1 Å². The zero-order valence-electron chi connectivity index (χ0n) is 53.8. The fraction of sp³-hybridized carbons (Fsp3) is 0. The van der Waals surface area contributed by atoms with Crippen LogP contribution in [0.1, 0.15) is 0 Å². The van der Waals surface area contributed by atoms with Gasteiger partial charge in [0.05, 0.1) is 43.8 Å². The minimum Gasteiger partial charge on any atom is -0.351 e. The largest absolute Gasteiger partial charge is 0.351 e. The summed E-state index contributed by atoms with van der Waals surface area (Å²) in [5, 5.41) is 21.4. The Balaban J connectivity index is 1.06. The molecule has 104 heavy (non-hydrogen) atoms. The number of nitrogens with one attached hydrogen (secondary N) is 10. The van der Waals surface area contributed by atoms with E-state index in [1.165, 1.54) is 0 Å². The lowest BCUT2D eigenvalue weighted by atomic mass is 10.0. The number of anilines is 16. The van der Waals surface area contributed by atoms with Crippen LogP contribution in [-0.2, 0) is 0 Å². The van der Waals surface area contributed by atoms with Crippen molar-refractivity contribution in [3.05, 3.63) is 289 Å². The Hall–Kier alpha value is -14.2. The SMILES string of the molecule is Fc1c(Nc2ccccc2)c(Nc2ccccc2)c(F)c2c1-c1nc-2nc2[nH]c(nc3nc(nc4[nH]c(n1)c1c(F)c(Nc5ccccc5)c(Nc5ccccc5)c(F)c41)-c1c(F)c(Nc4ccccc4)c(Nc4ccccc4)c(F)c1-3)c1c(F)c(Nc3ccccc3)c(Nc3ccccc3)c(F)c21. The average Bonchev–Trinajstić information content (AvgIpc) is 1.55. The highest BCUT2D eigenvalue weighted by molar-refractivity contribution is 6.13. The van der Waals surface area contributed by atoms with Crippen molar-refractivity contribution in [1.29, 1.82) is 0 Å². The van der Waals surface area contributed by atoms with Gasteiger partial charge in [0.1, 0.15) is 68.1 Å². The second kappa shape index (κ2) is 26.2. The molecule has 0 atom stereocenters. The smallest absolute Gasteiger partial charge is 0.167 e. The molecule has 2 aliphatic rings. The van der Waals surface area contributed by atoms with Crippen LogP contribution < -0.4 is 42.5 Å². The zero-order valence-corrected chi connectivity index (χ0v) is 53.8. The van der Waals surface area contributed by atoms with Crippen molar-refractivity contribution >= 4 is 135 Å². The number of benzene rings is 12. The van der Waals surface area contributed by atoms with Crippen molar-refractivity contribution in [1.82, 2.24) is 39.9 Å². The predicted molar refractivity (Wildman–Crippen MR) is 394 cm³/mol. The first-order valence-corrected chi connectivity index (χ1v) is 32.5. The normalized spacial score (nSPS) is 11.5. The van der Waals surface area contributed by atoms with Crippen LogP contribution in [0.25, 0.3) is 89.7 Å². The van der Waals surface area contributed by atoms with E-state index >= 15 is 35.1 Å². The molecule has 0 saturated carbocycles. The van der Waals surface area contributed by atoms with E-state index < -0.39 is 182 Å². The summed E-state index contributed by atoms with van der Waals surface area (Å²) in [7, 11) is 0. The van der Waals surface area contributed by atoms with E-state index in [0.29, 0.717) is 45.5 Å². The molecular formula is C80H50F8N16. The molecule has 0 aliphatic carbocycles. The maximum atomic E-state index is 18.9. The summed E-state index contributed by atoms with van der Waals surface area (Å²) < 4.78 is 151. The van der Waals surface area contributed by atoms with Gasteiger partial charge in [0.25, 0.3) is 0 Å². The lowest BCUT2D eigenvalue weighted by Crippen LogP contribution is -2.06. The standard InChI is InChI=1S/C80H50F8N16/c81-57-49-50(58(82)66(90-42-27-11-2-12-28-42)65(57)89-41-25-9-1-10-26-41)74-97-73(49)101-75-51-52(60(84)68(92-44-31-15-4-16-32-44)67(59(51)83)91-43-29-13-3-14-30-43)77(98-75)103-79-55-56(64(88)72(96-48-39-23-8-24-40-48)71(63(55)87)95-47-37-21-7-22-38-47)80(100-79)104-78-54-53(76(99-78)102-74)61(85)69(93-45-33-17-5-18-34-45)70(62(54)86)94-46-35-19-6-20-36-46/h1-40,89-96H,(H2,97,98,99,100,101,102,103,104). The van der Waals surface area contributed by atoms with Gasteiger partial charge in [0.15, 0.2) is 69.8 Å². The fourth-order valence-electron chi connectivity index (χ4n) is 12.7. The van der Waals surface area contributed by atoms with Gasteiger partial charge in [-0.05, 0) is 97.1 Å². The Morgan fingerprint density at radius 2 is 0.327 bits per heavy atom. The van der Waals surface area contributed by atoms with E-state index in [4.69, 9.17) is 29.9 Å². The van der Waals surface area contributed by atoms with Crippen molar-refractivity contribution in [2.24, 2.45) is 0 Å². The Kier molecular flexibility index (Phi) is 15.9. The van der Waals surface area contributed by atoms with Crippen molar-refractivity contribution in [3.8, 4) is 45.6 Å². The Morgan fingerprint density at radius 1 is 0.183 bits per heavy atom. The van der Waals surface area contributed by atoms with Crippen LogP contribution >= 0.6 is 0 Å². The first kappa shape index (κ1) is 63.3. The number of H-pyrrole nitrogens is 2. The van der Waals surface area contributed by atoms with Crippen LogP contribution in [0, 0.1) is 46.5 Å². The highest BCUT2D eigenvalue weighted by Crippen LogP contribution is 2.52. The molecular weight excluding hydrogens is 1340 g/mol. The lowest BCUT2D eigenvalue weighted by Gasteiger charge is -2.19. The molecule has 2 aliphatic heterocycles. The van der Waals surface area contributed by atoms with Gasteiger partial charge in [0, 0.05) is 45.5 Å². The van der Waals surface area contributed by atoms with Gasteiger partial charge >= 0.3 is 0 Å². The molecule has 5 heterocycles. The summed E-state index contributed by atoms with van der Waals surface area (Å²) in [6, 6.07) is 66.1. The predicted octanol–water partition coefficient (Wildman–Crippen LogP) is 21.9. The summed E-state index contributed by atoms with van der Waals surface area (Å²) in [5.41, 5.74) is -6.89. The Bertz CT molecular complexity index is 5340. The second-order valence-corrected chi connectivity index (χ2v) is 24.0. The van der Waals surface area contributed by atoms with Crippen LogP contribution in [0.15, 0.2) is 243 Å². The van der Waals surface area contributed by atoms with Gasteiger partial charge in [0.2, 0.25) is 0 Å². The Labute approximate surface area is 584 Å². The molecule has 0 unspecified atom stereocenters. The number of rotatable bonds is 16. The summed E-state index contributed by atoms with van der Waals surface area (Å²) in [6.07, 6.45) is 0. The molecule has 0 spiro atoms. The van der Waals surface area contributed by atoms with Gasteiger partial charge in [-0.3, -0.25) is 0 Å². The number of fused-ring (bicyclic) bond motifs is 20. The number of hydrogen-bond acceptors (Lipinski definition) is 14. The minimum absolute atomic E-state index is 0.291. The average molecular weight is 1390 g/mol. The highest BCUT2D eigenvalue weighted by atomic mass is 19.2. The molecule has 17 rings (SSSR count). The van der Waals surface area contributed by atoms with E-state index in [-0.39, 0.29) is 0 Å². The van der Waals surface area contributed by atoms with Crippen LogP contribution in [0.4, 0.5) is 126 Å². The Morgan fingerprint density at radius 3 is 0.481 bits per heavy atom. The van der Waals surface area contributed by atoms with Crippen LogP contribution in [-0.4, -0.2) is 39.9 Å². The van der Waals surface area contributed by atoms with E-state index in [0.717, 1.165) is 0 Å². The maximum Gasteiger partial charge on any atom is 0.167 e. The first-order chi connectivity index (χ1) is 50.9. The molecule has 0 radical (unpaired) electrons. The van der Waals surface area contributed by atoms with Crippen molar-refractivity contribution in [3.63, 3.8) is 0 Å². The van der Waals surface area contributed by atoms with E-state index in [1.807, 2.05) is 0 Å². The third-order valence-electron chi connectivity index (χ3n) is 17.5. The van der Waals surface area contributed by atoms with Crippen LogP contribution in [0.2, 0.25) is 0 Å². The number of aromatic nitrogens is 8. The quantitative estimate of drug-likeness (QED) is 0.0409. The van der Waals surface area contributed by atoms with Crippen LogP contribution in [0.3, 0.4) is 0 Å². The summed E-state index contributed by atoms with van der Waals surface area (Å²) in [5.74, 6) is -12.5. The molecule has 10 N–H and O–H groups in total. The third kappa shape index (κ3) is 11.3. The highest BCUT2D eigenvalue weighted by Gasteiger charge is 2.38. The number of para-hydroxylation sites is 8. The van der Waals surface area contributed by atoms with Gasteiger partial charge < -0.3 is 52.5 Å². The van der Waals surface area contributed by atoms with Gasteiger partial charge in [-0.15, -0.1) is 0 Å². The molecule has 0 amide bonds. The number of hydrogen-bond donors (Lipinski definition) is 10. The van der Waals surface area contributed by atoms with E-state index in [9.17, 15) is 0 Å².